The maximum atomic E-state index is 13.0. The fourth-order valence-electron chi connectivity index (χ4n) is 5.75. The fraction of sp³-hybridized carbons (Fsp3) is 0.519. The Labute approximate surface area is 201 Å². The van der Waals surface area contributed by atoms with E-state index in [0.29, 0.717) is 10.9 Å². The van der Waals surface area contributed by atoms with Crippen molar-refractivity contribution in [2.75, 3.05) is 26.7 Å². The van der Waals surface area contributed by atoms with Gasteiger partial charge in [-0.25, -0.2) is 4.79 Å². The van der Waals surface area contributed by atoms with Gasteiger partial charge in [0.25, 0.3) is 0 Å². The van der Waals surface area contributed by atoms with Crippen LogP contribution in [-0.4, -0.2) is 43.8 Å². The van der Waals surface area contributed by atoms with Crippen LogP contribution in [0, 0.1) is 11.3 Å². The van der Waals surface area contributed by atoms with Crippen LogP contribution in [0.5, 0.6) is 5.75 Å². The van der Waals surface area contributed by atoms with Gasteiger partial charge in [0.2, 0.25) is 0 Å². The molecule has 1 unspecified atom stereocenters. The highest BCUT2D eigenvalue weighted by Gasteiger charge is 2.40. The maximum absolute atomic E-state index is 13.0. The number of benzene rings is 2. The Hall–Kier alpha value is -2.24. The zero-order chi connectivity index (χ0) is 23.2. The summed E-state index contributed by atoms with van der Waals surface area (Å²) in [7, 11) is 1.66. The van der Waals surface area contributed by atoms with Crippen LogP contribution in [0.25, 0.3) is 11.1 Å². The van der Waals surface area contributed by atoms with E-state index < -0.39 is 0 Å². The van der Waals surface area contributed by atoms with Crippen molar-refractivity contribution in [3.63, 3.8) is 0 Å². The highest BCUT2D eigenvalue weighted by Crippen LogP contribution is 2.45. The second kappa shape index (κ2) is 8.84. The summed E-state index contributed by atoms with van der Waals surface area (Å²) in [4.78, 5) is 15.4. The van der Waals surface area contributed by atoms with Crippen LogP contribution in [-0.2, 0) is 11.2 Å². The maximum Gasteiger partial charge on any atom is 0.407 e. The second-order valence-electron chi connectivity index (χ2n) is 10.4. The van der Waals surface area contributed by atoms with Crippen LogP contribution >= 0.6 is 11.6 Å². The third-order valence-corrected chi connectivity index (χ3v) is 8.21. The zero-order valence-electron chi connectivity index (χ0n) is 19.7. The van der Waals surface area contributed by atoms with Crippen LogP contribution in [0.1, 0.15) is 50.3 Å². The molecule has 4 aliphatic rings. The number of hydrogen-bond acceptors (Lipinski definition) is 4. The molecule has 33 heavy (non-hydrogen) atoms. The zero-order valence-corrected chi connectivity index (χ0v) is 20.5. The number of halogens is 1. The van der Waals surface area contributed by atoms with Crippen molar-refractivity contribution in [3.05, 3.63) is 52.5 Å². The SMILES string of the molecule is COc1ccc(Cl)c(-c2ccc3c(c2)CCC(C)(C)C3NC(=O)O[C@H]2CN3CCC2CC3)c1. The first kappa shape index (κ1) is 22.5. The van der Waals surface area contributed by atoms with Crippen molar-refractivity contribution in [2.24, 2.45) is 11.3 Å². The molecule has 3 fully saturated rings. The Morgan fingerprint density at radius 2 is 1.94 bits per heavy atom. The molecule has 1 aliphatic carbocycles. The molecule has 5 nitrogen and oxygen atoms in total. The van der Waals surface area contributed by atoms with Crippen molar-refractivity contribution < 1.29 is 14.3 Å². The predicted octanol–water partition coefficient (Wildman–Crippen LogP) is 5.85. The number of hydrogen-bond donors (Lipinski definition) is 1. The Bertz CT molecular complexity index is 1050. The van der Waals surface area contributed by atoms with Crippen LogP contribution in [0.3, 0.4) is 0 Å². The van der Waals surface area contributed by atoms with Crippen LogP contribution in [0.15, 0.2) is 36.4 Å². The summed E-state index contributed by atoms with van der Waals surface area (Å²) in [6, 6.07) is 12.1. The Morgan fingerprint density at radius 1 is 1.15 bits per heavy atom. The molecule has 3 saturated heterocycles. The number of fused-ring (bicyclic) bond motifs is 4. The quantitative estimate of drug-likeness (QED) is 0.611. The van der Waals surface area contributed by atoms with E-state index in [0.717, 1.165) is 62.2 Å². The molecule has 1 amide bonds. The van der Waals surface area contributed by atoms with Crippen molar-refractivity contribution in [1.29, 1.82) is 0 Å². The molecule has 2 atom stereocenters. The van der Waals surface area contributed by atoms with Gasteiger partial charge in [0, 0.05) is 17.1 Å². The smallest absolute Gasteiger partial charge is 0.407 e. The number of alkyl carbamates (subject to hydrolysis) is 1. The van der Waals surface area contributed by atoms with Gasteiger partial charge >= 0.3 is 6.09 Å². The lowest BCUT2D eigenvalue weighted by atomic mass is 9.70. The van der Waals surface area contributed by atoms with E-state index >= 15 is 0 Å². The number of carbonyl (C=O) groups is 1. The highest BCUT2D eigenvalue weighted by atomic mass is 35.5. The molecule has 0 spiro atoms. The number of rotatable bonds is 4. The number of carbonyl (C=O) groups excluding carboxylic acids is 1. The average molecular weight is 469 g/mol. The lowest BCUT2D eigenvalue weighted by Gasteiger charge is -2.44. The van der Waals surface area contributed by atoms with Gasteiger partial charge < -0.3 is 14.8 Å². The Balaban J connectivity index is 1.37. The van der Waals surface area contributed by atoms with Gasteiger partial charge in [0.1, 0.15) is 11.9 Å². The number of nitrogens with one attached hydrogen (secondary N) is 1. The van der Waals surface area contributed by atoms with Crippen molar-refractivity contribution in [1.82, 2.24) is 10.2 Å². The van der Waals surface area contributed by atoms with E-state index in [-0.39, 0.29) is 23.7 Å². The van der Waals surface area contributed by atoms with Gasteiger partial charge in [-0.1, -0.05) is 43.6 Å². The number of nitrogens with zero attached hydrogens (tertiary/aromatic N) is 1. The highest BCUT2D eigenvalue weighted by molar-refractivity contribution is 6.33. The first-order chi connectivity index (χ1) is 15.8. The first-order valence-electron chi connectivity index (χ1n) is 12.0. The van der Waals surface area contributed by atoms with Crippen LogP contribution in [0.2, 0.25) is 5.02 Å². The largest absolute Gasteiger partial charge is 0.497 e. The number of aryl methyl sites for hydroxylation is 1. The van der Waals surface area contributed by atoms with Crippen molar-refractivity contribution >= 4 is 17.7 Å². The number of ether oxygens (including phenoxy) is 2. The summed E-state index contributed by atoms with van der Waals surface area (Å²) in [6.07, 6.45) is 3.93. The third kappa shape index (κ3) is 4.45. The Kier molecular flexibility index (Phi) is 6.04. The molecule has 2 aromatic carbocycles. The van der Waals surface area contributed by atoms with E-state index in [1.54, 1.807) is 7.11 Å². The molecule has 0 aromatic heterocycles. The molecule has 0 radical (unpaired) electrons. The lowest BCUT2D eigenvalue weighted by molar-refractivity contribution is -0.0353. The minimum atomic E-state index is -0.292. The van der Waals surface area contributed by atoms with Crippen LogP contribution in [0.4, 0.5) is 4.79 Å². The van der Waals surface area contributed by atoms with Crippen molar-refractivity contribution in [3.8, 4) is 16.9 Å². The average Bonchev–Trinajstić information content (AvgIpc) is 2.82. The molecule has 3 heterocycles. The van der Waals surface area contributed by atoms with Gasteiger partial charge in [-0.2, -0.15) is 0 Å². The molecule has 2 aromatic rings. The molecule has 1 N–H and O–H groups in total. The molecular formula is C27H33ClN2O3. The van der Waals surface area contributed by atoms with E-state index in [1.807, 2.05) is 18.2 Å². The molecular weight excluding hydrogens is 436 g/mol. The third-order valence-electron chi connectivity index (χ3n) is 7.88. The van der Waals surface area contributed by atoms with E-state index in [4.69, 9.17) is 21.1 Å². The number of methoxy groups -OCH3 is 1. The van der Waals surface area contributed by atoms with Gasteiger partial charge in [0.05, 0.1) is 13.2 Å². The summed E-state index contributed by atoms with van der Waals surface area (Å²) < 4.78 is 11.3. The summed E-state index contributed by atoms with van der Waals surface area (Å²) in [5.41, 5.74) is 4.37. The first-order valence-corrected chi connectivity index (χ1v) is 12.4. The van der Waals surface area contributed by atoms with Crippen LogP contribution < -0.4 is 10.1 Å². The molecule has 0 saturated carbocycles. The molecule has 2 bridgehead atoms. The van der Waals surface area contributed by atoms with Gasteiger partial charge in [-0.3, -0.25) is 4.90 Å². The van der Waals surface area contributed by atoms with E-state index in [9.17, 15) is 4.79 Å². The van der Waals surface area contributed by atoms with E-state index in [2.05, 4.69) is 42.3 Å². The minimum absolute atomic E-state index is 0.0104. The molecule has 176 valence electrons. The Morgan fingerprint density at radius 3 is 2.64 bits per heavy atom. The monoisotopic (exact) mass is 468 g/mol. The number of piperidine rings is 3. The molecule has 6 heteroatoms. The molecule has 3 aliphatic heterocycles. The lowest BCUT2D eigenvalue weighted by Crippen LogP contribution is -2.53. The normalized spacial score (nSPS) is 27.5. The van der Waals surface area contributed by atoms with Crippen molar-refractivity contribution in [2.45, 2.75) is 51.7 Å². The molecule has 6 rings (SSSR count). The van der Waals surface area contributed by atoms with Gasteiger partial charge in [-0.15, -0.1) is 0 Å². The predicted molar refractivity (Wildman–Crippen MR) is 131 cm³/mol. The minimum Gasteiger partial charge on any atom is -0.497 e. The van der Waals surface area contributed by atoms with E-state index in [1.165, 1.54) is 11.1 Å². The number of amides is 1. The summed E-state index contributed by atoms with van der Waals surface area (Å²) in [5.74, 6) is 1.28. The summed E-state index contributed by atoms with van der Waals surface area (Å²) in [6.45, 7) is 7.58. The summed E-state index contributed by atoms with van der Waals surface area (Å²) >= 11 is 6.50. The van der Waals surface area contributed by atoms with Gasteiger partial charge in [0.15, 0.2) is 0 Å². The fourth-order valence-corrected chi connectivity index (χ4v) is 5.98. The second-order valence-corrected chi connectivity index (χ2v) is 10.8. The standard InChI is InChI=1S/C27H33ClN2O3/c1-27(2)11-8-19-14-18(22-15-20(32-3)5-7-23(22)28)4-6-21(19)25(27)29-26(31)33-24-16-30-12-9-17(24)10-13-30/h4-7,14-15,17,24-25H,8-13,16H2,1-3H3,(H,29,31)/t24-,25?/m0/s1. The summed E-state index contributed by atoms with van der Waals surface area (Å²) in [5, 5.41) is 3.93. The topological polar surface area (TPSA) is 50.8 Å². The van der Waals surface area contributed by atoms with Gasteiger partial charge in [-0.05, 0) is 85.0 Å².